The molecule has 94 valence electrons. The largest absolute Gasteiger partial charge is 0.317 e. The lowest BCUT2D eigenvalue weighted by atomic mass is 10.1. The molecule has 0 spiro atoms. The van der Waals surface area contributed by atoms with Crippen molar-refractivity contribution in [1.29, 1.82) is 0 Å². The molecule has 3 rings (SSSR count). The lowest BCUT2D eigenvalue weighted by Gasteiger charge is -2.22. The summed E-state index contributed by atoms with van der Waals surface area (Å²) in [5.41, 5.74) is 1.48. The number of benzene rings is 1. The average molecular weight is 245 g/mol. The zero-order valence-electron chi connectivity index (χ0n) is 10.1. The zero-order chi connectivity index (χ0) is 12.4. The molecule has 18 heavy (non-hydrogen) atoms. The van der Waals surface area contributed by atoms with Crippen molar-refractivity contribution >= 4 is 0 Å². The van der Waals surface area contributed by atoms with E-state index in [2.05, 4.69) is 10.4 Å². The summed E-state index contributed by atoms with van der Waals surface area (Å²) in [6.07, 6.45) is 5.87. The number of piperidine rings is 1. The molecule has 0 saturated carbocycles. The smallest absolute Gasteiger partial charge is 0.131 e. The molecule has 2 heterocycles. The van der Waals surface area contributed by atoms with Gasteiger partial charge in [0.1, 0.15) is 5.82 Å². The van der Waals surface area contributed by atoms with Crippen molar-refractivity contribution in [1.82, 2.24) is 15.1 Å². The maximum atomic E-state index is 13.7. The van der Waals surface area contributed by atoms with E-state index >= 15 is 0 Å². The monoisotopic (exact) mass is 245 g/mol. The van der Waals surface area contributed by atoms with Crippen LogP contribution in [0, 0.1) is 5.82 Å². The van der Waals surface area contributed by atoms with Crippen LogP contribution in [0.2, 0.25) is 0 Å². The molecule has 0 unspecified atom stereocenters. The third-order valence-corrected chi connectivity index (χ3v) is 3.47. The zero-order valence-corrected chi connectivity index (χ0v) is 10.1. The molecule has 0 atom stereocenters. The third-order valence-electron chi connectivity index (χ3n) is 3.47. The van der Waals surface area contributed by atoms with Gasteiger partial charge in [0.05, 0.1) is 12.2 Å². The van der Waals surface area contributed by atoms with Crippen LogP contribution >= 0.6 is 0 Å². The van der Waals surface area contributed by atoms with Crippen molar-refractivity contribution in [3.8, 4) is 11.1 Å². The summed E-state index contributed by atoms with van der Waals surface area (Å²) in [5.74, 6) is -0.192. The highest BCUT2D eigenvalue weighted by molar-refractivity contribution is 5.62. The Labute approximate surface area is 106 Å². The molecular weight excluding hydrogens is 229 g/mol. The maximum Gasteiger partial charge on any atom is 0.131 e. The molecule has 1 aliphatic rings. The Bertz CT molecular complexity index is 529. The molecule has 0 bridgehead atoms. The van der Waals surface area contributed by atoms with Gasteiger partial charge in [-0.25, -0.2) is 4.39 Å². The van der Waals surface area contributed by atoms with Gasteiger partial charge < -0.3 is 5.32 Å². The van der Waals surface area contributed by atoms with Crippen molar-refractivity contribution in [2.75, 3.05) is 13.1 Å². The second-order valence-corrected chi connectivity index (χ2v) is 4.67. The molecule has 1 aromatic carbocycles. The summed E-state index contributed by atoms with van der Waals surface area (Å²) in [7, 11) is 0. The van der Waals surface area contributed by atoms with Crippen LogP contribution in [0.3, 0.4) is 0 Å². The molecule has 0 aliphatic carbocycles. The number of nitrogens with zero attached hydrogens (tertiary/aromatic N) is 2. The third kappa shape index (κ3) is 2.16. The van der Waals surface area contributed by atoms with Gasteiger partial charge in [-0.1, -0.05) is 18.2 Å². The number of nitrogens with one attached hydrogen (secondary N) is 1. The van der Waals surface area contributed by atoms with E-state index in [0.717, 1.165) is 31.5 Å². The van der Waals surface area contributed by atoms with Crippen LogP contribution in [0.1, 0.15) is 18.9 Å². The number of rotatable bonds is 2. The Morgan fingerprint density at radius 2 is 2.00 bits per heavy atom. The Morgan fingerprint density at radius 3 is 2.78 bits per heavy atom. The minimum atomic E-state index is -0.192. The predicted octanol–water partition coefficient (Wildman–Crippen LogP) is 2.61. The molecule has 1 fully saturated rings. The molecule has 1 N–H and O–H groups in total. The van der Waals surface area contributed by atoms with E-state index in [0.29, 0.717) is 11.6 Å². The van der Waals surface area contributed by atoms with Crippen molar-refractivity contribution < 1.29 is 4.39 Å². The van der Waals surface area contributed by atoms with E-state index in [4.69, 9.17) is 0 Å². The SMILES string of the molecule is Fc1ccccc1-c1cnn(C2CCNCC2)c1. The van der Waals surface area contributed by atoms with Crippen LogP contribution in [-0.2, 0) is 0 Å². The standard InChI is InChI=1S/C14H16FN3/c15-14-4-2-1-3-13(14)11-9-17-18(10-11)12-5-7-16-8-6-12/h1-4,9-10,12,16H,5-8H2. The summed E-state index contributed by atoms with van der Waals surface area (Å²) in [4.78, 5) is 0. The number of hydrogen-bond acceptors (Lipinski definition) is 2. The summed E-state index contributed by atoms with van der Waals surface area (Å²) in [6.45, 7) is 2.05. The van der Waals surface area contributed by atoms with Gasteiger partial charge in [-0.15, -0.1) is 0 Å². The van der Waals surface area contributed by atoms with E-state index in [1.807, 2.05) is 16.9 Å². The molecule has 4 heteroatoms. The Morgan fingerprint density at radius 1 is 1.22 bits per heavy atom. The molecule has 0 amide bonds. The van der Waals surface area contributed by atoms with Crippen LogP contribution in [0.5, 0.6) is 0 Å². The van der Waals surface area contributed by atoms with Gasteiger partial charge in [0, 0.05) is 17.3 Å². The fourth-order valence-corrected chi connectivity index (χ4v) is 2.44. The highest BCUT2D eigenvalue weighted by Crippen LogP contribution is 2.25. The Hall–Kier alpha value is -1.68. The summed E-state index contributed by atoms with van der Waals surface area (Å²) >= 11 is 0. The summed E-state index contributed by atoms with van der Waals surface area (Å²) < 4.78 is 15.7. The van der Waals surface area contributed by atoms with E-state index in [-0.39, 0.29) is 5.82 Å². The molecule has 3 nitrogen and oxygen atoms in total. The fourth-order valence-electron chi connectivity index (χ4n) is 2.44. The van der Waals surface area contributed by atoms with Crippen LogP contribution in [-0.4, -0.2) is 22.9 Å². The molecule has 1 aliphatic heterocycles. The van der Waals surface area contributed by atoms with Crippen LogP contribution in [0.15, 0.2) is 36.7 Å². The van der Waals surface area contributed by atoms with Gasteiger partial charge in [-0.05, 0) is 32.0 Å². The highest BCUT2D eigenvalue weighted by atomic mass is 19.1. The predicted molar refractivity (Wildman–Crippen MR) is 68.8 cm³/mol. The lowest BCUT2D eigenvalue weighted by Crippen LogP contribution is -2.29. The van der Waals surface area contributed by atoms with Gasteiger partial charge >= 0.3 is 0 Å². The molecule has 1 saturated heterocycles. The van der Waals surface area contributed by atoms with E-state index in [1.165, 1.54) is 6.07 Å². The van der Waals surface area contributed by atoms with Gasteiger partial charge in [0.25, 0.3) is 0 Å². The molecule has 0 radical (unpaired) electrons. The second-order valence-electron chi connectivity index (χ2n) is 4.67. The van der Waals surface area contributed by atoms with Crippen molar-refractivity contribution in [2.24, 2.45) is 0 Å². The van der Waals surface area contributed by atoms with Crippen molar-refractivity contribution in [2.45, 2.75) is 18.9 Å². The van der Waals surface area contributed by atoms with Gasteiger partial charge in [-0.2, -0.15) is 5.10 Å². The first-order valence-corrected chi connectivity index (χ1v) is 6.34. The first-order chi connectivity index (χ1) is 8.84. The maximum absolute atomic E-state index is 13.7. The van der Waals surface area contributed by atoms with Gasteiger partial charge in [0.2, 0.25) is 0 Å². The minimum absolute atomic E-state index is 0.192. The van der Waals surface area contributed by atoms with Gasteiger partial charge in [0.15, 0.2) is 0 Å². The van der Waals surface area contributed by atoms with Crippen LogP contribution in [0.25, 0.3) is 11.1 Å². The van der Waals surface area contributed by atoms with Gasteiger partial charge in [-0.3, -0.25) is 4.68 Å². The van der Waals surface area contributed by atoms with Crippen molar-refractivity contribution in [3.05, 3.63) is 42.5 Å². The van der Waals surface area contributed by atoms with E-state index < -0.39 is 0 Å². The van der Waals surface area contributed by atoms with Crippen LogP contribution < -0.4 is 5.32 Å². The Balaban J connectivity index is 1.87. The first-order valence-electron chi connectivity index (χ1n) is 6.34. The number of aromatic nitrogens is 2. The van der Waals surface area contributed by atoms with Crippen molar-refractivity contribution in [3.63, 3.8) is 0 Å². The molecule has 2 aromatic rings. The summed E-state index contributed by atoms with van der Waals surface area (Å²) in [5, 5.41) is 7.71. The first kappa shape index (κ1) is 11.4. The highest BCUT2D eigenvalue weighted by Gasteiger charge is 2.16. The number of halogens is 1. The molecule has 1 aromatic heterocycles. The second kappa shape index (κ2) is 4.90. The topological polar surface area (TPSA) is 29.9 Å². The molecular formula is C14H16FN3. The Kier molecular flexibility index (Phi) is 3.11. The number of hydrogen-bond donors (Lipinski definition) is 1. The quantitative estimate of drug-likeness (QED) is 0.881. The fraction of sp³-hybridized carbons (Fsp3) is 0.357. The van der Waals surface area contributed by atoms with E-state index in [1.54, 1.807) is 18.3 Å². The van der Waals surface area contributed by atoms with E-state index in [9.17, 15) is 4.39 Å². The minimum Gasteiger partial charge on any atom is -0.317 e. The normalized spacial score (nSPS) is 16.9. The summed E-state index contributed by atoms with van der Waals surface area (Å²) in [6, 6.07) is 7.26. The average Bonchev–Trinajstić information content (AvgIpc) is 2.90. The lowest BCUT2D eigenvalue weighted by molar-refractivity contribution is 0.343. The van der Waals surface area contributed by atoms with Crippen LogP contribution in [0.4, 0.5) is 4.39 Å².